The maximum absolute atomic E-state index is 13.7. The second-order valence-corrected chi connectivity index (χ2v) is 22.9. The molecule has 6 heterocycles. The van der Waals surface area contributed by atoms with Gasteiger partial charge in [-0.15, -0.1) is 20.1 Å². The number of ether oxygens (including phenoxy) is 4. The molecule has 19 heteroatoms. The van der Waals surface area contributed by atoms with Crippen LogP contribution < -0.4 is 36.1 Å². The van der Waals surface area contributed by atoms with E-state index in [0.717, 1.165) is 56.1 Å². The molecule has 16 nitrogen and oxygen atoms in total. The van der Waals surface area contributed by atoms with Gasteiger partial charge in [0.1, 0.15) is 21.1 Å². The van der Waals surface area contributed by atoms with Gasteiger partial charge in [-0.05, 0) is 156 Å². The highest BCUT2D eigenvalue weighted by atomic mass is 32.1. The summed E-state index contributed by atoms with van der Waals surface area (Å²) in [5.41, 5.74) is 13.0. The van der Waals surface area contributed by atoms with Gasteiger partial charge in [-0.25, -0.2) is 14.8 Å². The smallest absolute Gasteiger partial charge is 0.444 e. The summed E-state index contributed by atoms with van der Waals surface area (Å²) in [7, 11) is 0. The molecule has 5 N–H and O–H groups in total. The van der Waals surface area contributed by atoms with Crippen LogP contribution in [-0.2, 0) is 32.5 Å². The average molecular weight is 1090 g/mol. The number of rotatable bonds is 15. The number of anilines is 3. The van der Waals surface area contributed by atoms with Crippen LogP contribution in [0.4, 0.5) is 30.8 Å². The Morgan fingerprint density at radius 2 is 1.68 bits per heavy atom. The van der Waals surface area contributed by atoms with E-state index in [4.69, 9.17) is 25.2 Å². The standard InChI is InChI=1S/C60H62F2N8O8S/c1-35-12-23-49(68-56(73)59(24-25-59)40-15-22-47-48(32-40)77-60(61,62)76-47)67-51(35)38-9-8-10-39(29-38)53(71)64-26-28-75-27-7-5-6-11-41-17-21-46-50(63)52(79-55(46)66-41)54(72)65-42-16-13-37-31-43(18-14-36(37)30-42)69-33-44-19-20-45(34-69)70(44)57(74)78-58(2,3)4/h5-12,14-15,17-18,21-23,29,31-32,42,44-45H,13,16,19-20,24-28,30,33-34,63H2,1-4H3,(H,64,71)(H,65,72)(H,67,68,73)/b7-5-,11-6+/t42-,44-,45+/m0/s1. The van der Waals surface area contributed by atoms with Crippen molar-refractivity contribution in [1.29, 1.82) is 0 Å². The topological polar surface area (TPSA) is 200 Å². The molecule has 0 spiro atoms. The van der Waals surface area contributed by atoms with Gasteiger partial charge in [-0.1, -0.05) is 48.6 Å². The first-order valence-electron chi connectivity index (χ1n) is 26.8. The quantitative estimate of drug-likeness (QED) is 0.0561. The summed E-state index contributed by atoms with van der Waals surface area (Å²) in [6.07, 6.45) is 8.89. The van der Waals surface area contributed by atoms with Crippen LogP contribution in [0.5, 0.6) is 11.5 Å². The van der Waals surface area contributed by atoms with Crippen molar-refractivity contribution in [3.63, 3.8) is 0 Å². The molecule has 2 aliphatic carbocycles. The van der Waals surface area contributed by atoms with Crippen LogP contribution in [0.2, 0.25) is 0 Å². The number of alkyl halides is 2. The summed E-state index contributed by atoms with van der Waals surface area (Å²) < 4.78 is 47.9. The fourth-order valence-corrected chi connectivity index (χ4v) is 12.0. The minimum Gasteiger partial charge on any atom is -0.444 e. The van der Waals surface area contributed by atoms with Gasteiger partial charge in [0.05, 0.1) is 47.8 Å². The molecular formula is C60H62F2N8O8S. The molecule has 0 radical (unpaired) electrons. The van der Waals surface area contributed by atoms with E-state index in [1.807, 2.05) is 81.2 Å². The number of carbonyl (C=O) groups is 4. The van der Waals surface area contributed by atoms with Crippen molar-refractivity contribution in [3.8, 4) is 22.8 Å². The highest BCUT2D eigenvalue weighted by molar-refractivity contribution is 7.21. The Kier molecular flexibility index (Phi) is 14.4. The van der Waals surface area contributed by atoms with E-state index < -0.39 is 17.3 Å². The van der Waals surface area contributed by atoms with E-state index in [1.54, 1.807) is 30.3 Å². The van der Waals surface area contributed by atoms with E-state index in [0.29, 0.717) is 68.7 Å². The number of thiophene rings is 1. The highest BCUT2D eigenvalue weighted by Crippen LogP contribution is 2.52. The lowest BCUT2D eigenvalue weighted by Crippen LogP contribution is -2.56. The Morgan fingerprint density at radius 3 is 2.47 bits per heavy atom. The molecule has 3 atom stereocenters. The normalized spacial score (nSPS) is 19.6. The van der Waals surface area contributed by atoms with Crippen molar-refractivity contribution in [3.05, 3.63) is 142 Å². The molecule has 5 aliphatic rings. The third-order valence-electron chi connectivity index (χ3n) is 15.2. The zero-order valence-electron chi connectivity index (χ0n) is 44.4. The Bertz CT molecular complexity index is 3430. The van der Waals surface area contributed by atoms with Gasteiger partial charge >= 0.3 is 12.4 Å². The van der Waals surface area contributed by atoms with Gasteiger partial charge in [-0.3, -0.25) is 19.3 Å². The van der Waals surface area contributed by atoms with E-state index in [9.17, 15) is 28.0 Å². The Labute approximate surface area is 460 Å². The predicted octanol–water partition coefficient (Wildman–Crippen LogP) is 10.1. The van der Waals surface area contributed by atoms with Gasteiger partial charge in [0.25, 0.3) is 11.8 Å². The average Bonchev–Trinajstić information content (AvgIpc) is 4.23. The van der Waals surface area contributed by atoms with Crippen LogP contribution in [0.15, 0.2) is 103 Å². The number of halogens is 2. The SMILES string of the molecule is Cc1ccc(NC(=O)C2(c3ccc4c(c3)OC(F)(F)O4)CC2)nc1-c1cccc(C(=O)NCCOC/C=C\C=C\c2ccc3c(N)c(C(=O)N[C@H]4CCc5cc(N6C[C@H]7CC[C@@H](C6)N7C(=O)OC(C)(C)C)ccc5C4)sc3n2)c1. The number of allylic oxidation sites excluding steroid dienone is 2. The number of nitrogens with one attached hydrogen (secondary N) is 3. The summed E-state index contributed by atoms with van der Waals surface area (Å²) in [5.74, 6) is -0.672. The number of aromatic nitrogens is 2. The third-order valence-corrected chi connectivity index (χ3v) is 16.3. The van der Waals surface area contributed by atoms with Crippen LogP contribution in [0.3, 0.4) is 0 Å². The first kappa shape index (κ1) is 53.1. The minimum atomic E-state index is -3.75. The molecule has 79 heavy (non-hydrogen) atoms. The molecule has 410 valence electrons. The number of pyridine rings is 2. The number of nitrogens with zero attached hydrogens (tertiary/aromatic N) is 4. The van der Waals surface area contributed by atoms with Crippen molar-refractivity contribution >= 4 is 68.6 Å². The number of aryl methyl sites for hydroxylation is 2. The van der Waals surface area contributed by atoms with Gasteiger partial charge in [0.15, 0.2) is 11.5 Å². The van der Waals surface area contributed by atoms with Gasteiger partial charge < -0.3 is 45.5 Å². The van der Waals surface area contributed by atoms with E-state index in [1.165, 1.54) is 40.3 Å². The molecule has 2 saturated heterocycles. The lowest BCUT2D eigenvalue weighted by Gasteiger charge is -2.42. The molecule has 6 aromatic rings. The van der Waals surface area contributed by atoms with Crippen LogP contribution in [0.1, 0.15) is 101 Å². The number of benzene rings is 3. The molecular weight excluding hydrogens is 1030 g/mol. The monoisotopic (exact) mass is 1090 g/mol. The predicted molar refractivity (Wildman–Crippen MR) is 299 cm³/mol. The first-order chi connectivity index (χ1) is 37.9. The maximum Gasteiger partial charge on any atom is 0.586 e. The Hall–Kier alpha value is -7.90. The fourth-order valence-electron chi connectivity index (χ4n) is 11.0. The highest BCUT2D eigenvalue weighted by Gasteiger charge is 2.53. The number of piperazine rings is 1. The number of hydrogen-bond acceptors (Lipinski definition) is 13. The molecule has 1 saturated carbocycles. The molecule has 0 unspecified atom stereocenters. The fraction of sp³-hybridized carbons (Fsp3) is 0.367. The molecule has 3 aliphatic heterocycles. The summed E-state index contributed by atoms with van der Waals surface area (Å²) >= 11 is 1.29. The number of nitrogens with two attached hydrogens (primary N) is 1. The number of amides is 4. The summed E-state index contributed by atoms with van der Waals surface area (Å²) in [6, 6.07) is 25.7. The van der Waals surface area contributed by atoms with E-state index in [2.05, 4.69) is 48.5 Å². The molecule has 3 fully saturated rings. The lowest BCUT2D eigenvalue weighted by molar-refractivity contribution is -0.286. The van der Waals surface area contributed by atoms with Gasteiger partial charge in [0.2, 0.25) is 5.91 Å². The van der Waals surface area contributed by atoms with Crippen LogP contribution in [-0.4, -0.2) is 102 Å². The summed E-state index contributed by atoms with van der Waals surface area (Å²) in [5, 5.41) is 9.79. The molecule has 11 rings (SSSR count). The summed E-state index contributed by atoms with van der Waals surface area (Å²) in [4.78, 5) is 68.4. The van der Waals surface area contributed by atoms with Crippen molar-refractivity contribution in [2.24, 2.45) is 0 Å². The van der Waals surface area contributed by atoms with Crippen molar-refractivity contribution in [1.82, 2.24) is 25.5 Å². The maximum atomic E-state index is 13.7. The summed E-state index contributed by atoms with van der Waals surface area (Å²) in [6.45, 7) is 10.1. The van der Waals surface area contributed by atoms with Gasteiger partial charge in [-0.2, -0.15) is 0 Å². The number of nitrogen functional groups attached to an aromatic ring is 1. The second-order valence-electron chi connectivity index (χ2n) is 21.9. The first-order valence-corrected chi connectivity index (χ1v) is 27.6. The molecule has 3 aromatic heterocycles. The molecule has 3 aromatic carbocycles. The van der Waals surface area contributed by atoms with Crippen LogP contribution in [0, 0.1) is 6.92 Å². The Morgan fingerprint density at radius 1 is 0.886 bits per heavy atom. The zero-order chi connectivity index (χ0) is 55.2. The van der Waals surface area contributed by atoms with Gasteiger partial charge in [0, 0.05) is 47.9 Å². The molecule has 2 bridgehead atoms. The molecule has 4 amide bonds. The van der Waals surface area contributed by atoms with Crippen molar-refractivity contribution in [2.45, 2.75) is 108 Å². The van der Waals surface area contributed by atoms with Crippen LogP contribution in [0.25, 0.3) is 27.6 Å². The van der Waals surface area contributed by atoms with E-state index >= 15 is 0 Å². The lowest BCUT2D eigenvalue weighted by atomic mass is 9.87. The number of carbonyl (C=O) groups excluding carboxylic acids is 4. The number of hydrogen-bond donors (Lipinski definition) is 4. The zero-order valence-corrected chi connectivity index (χ0v) is 45.2. The van der Waals surface area contributed by atoms with E-state index in [-0.39, 0.29) is 66.6 Å². The number of fused-ring (bicyclic) bond motifs is 5. The third kappa shape index (κ3) is 11.5. The second kappa shape index (κ2) is 21.4. The van der Waals surface area contributed by atoms with Crippen molar-refractivity contribution in [2.75, 3.05) is 48.8 Å². The minimum absolute atomic E-state index is 0.0252. The largest absolute Gasteiger partial charge is 0.586 e. The van der Waals surface area contributed by atoms with Crippen molar-refractivity contribution < 1.29 is 46.9 Å². The van der Waals surface area contributed by atoms with Crippen LogP contribution >= 0.6 is 11.3 Å². The Balaban J connectivity index is 0.614.